The number of aryl methyl sites for hydroxylation is 1. The van der Waals surface area contributed by atoms with Gasteiger partial charge in [-0.25, -0.2) is 0 Å². The smallest absolute Gasteiger partial charge is 0.127 e. The fourth-order valence-corrected chi connectivity index (χ4v) is 2.41. The second-order valence-electron chi connectivity index (χ2n) is 5.31. The normalized spacial score (nSPS) is 12.3. The minimum Gasteiger partial charge on any atom is -0.491 e. The van der Waals surface area contributed by atoms with Crippen molar-refractivity contribution in [2.45, 2.75) is 13.0 Å². The Kier molecular flexibility index (Phi) is 3.89. The van der Waals surface area contributed by atoms with Gasteiger partial charge >= 0.3 is 0 Å². The lowest BCUT2D eigenvalue weighted by molar-refractivity contribution is 0.294. The van der Waals surface area contributed by atoms with Gasteiger partial charge in [-0.05, 0) is 23.9 Å². The van der Waals surface area contributed by atoms with Crippen LogP contribution in [0.1, 0.15) is 17.2 Å². The van der Waals surface area contributed by atoms with Crippen LogP contribution in [0, 0.1) is 6.92 Å². The molecule has 0 spiro atoms. The van der Waals surface area contributed by atoms with Gasteiger partial charge in [0.05, 0.1) is 6.04 Å². The van der Waals surface area contributed by atoms with Gasteiger partial charge in [0.1, 0.15) is 12.4 Å². The lowest BCUT2D eigenvalue weighted by Crippen LogP contribution is -2.19. The van der Waals surface area contributed by atoms with E-state index >= 15 is 0 Å². The summed E-state index contributed by atoms with van der Waals surface area (Å²) in [6, 6.07) is 22.5. The first-order valence-electron chi connectivity index (χ1n) is 7.17. The highest BCUT2D eigenvalue weighted by molar-refractivity contribution is 5.88. The number of fused-ring (bicyclic) bond motifs is 1. The zero-order chi connectivity index (χ0) is 14.7. The van der Waals surface area contributed by atoms with Crippen molar-refractivity contribution in [3.05, 3.63) is 77.9 Å². The number of ether oxygens (including phenoxy) is 1. The van der Waals surface area contributed by atoms with Gasteiger partial charge in [0.2, 0.25) is 0 Å². The summed E-state index contributed by atoms with van der Waals surface area (Å²) < 4.78 is 5.94. The van der Waals surface area contributed by atoms with Crippen molar-refractivity contribution in [1.82, 2.24) is 0 Å². The molecule has 21 heavy (non-hydrogen) atoms. The third-order valence-corrected chi connectivity index (χ3v) is 3.67. The maximum atomic E-state index is 6.21. The molecule has 0 radical (unpaired) electrons. The summed E-state index contributed by atoms with van der Waals surface area (Å²) in [6.07, 6.45) is 0. The van der Waals surface area contributed by atoms with Crippen molar-refractivity contribution in [2.24, 2.45) is 5.73 Å². The number of benzene rings is 3. The molecule has 0 aliphatic heterocycles. The first-order chi connectivity index (χ1) is 10.2. The predicted octanol–water partition coefficient (Wildman–Crippen LogP) is 4.23. The van der Waals surface area contributed by atoms with Gasteiger partial charge in [0.15, 0.2) is 0 Å². The molecule has 3 aromatic rings. The molecule has 0 fully saturated rings. The molecular formula is C19H19NO. The molecule has 2 heteroatoms. The van der Waals surface area contributed by atoms with Crippen LogP contribution in [0.5, 0.6) is 5.75 Å². The van der Waals surface area contributed by atoms with Gasteiger partial charge < -0.3 is 10.5 Å². The second-order valence-corrected chi connectivity index (χ2v) is 5.31. The van der Waals surface area contributed by atoms with E-state index in [9.17, 15) is 0 Å². The monoisotopic (exact) mass is 277 g/mol. The average Bonchev–Trinajstić information content (AvgIpc) is 2.53. The van der Waals surface area contributed by atoms with E-state index in [1.54, 1.807) is 0 Å². The van der Waals surface area contributed by atoms with Crippen molar-refractivity contribution in [2.75, 3.05) is 6.61 Å². The lowest BCUT2D eigenvalue weighted by Gasteiger charge is -2.15. The van der Waals surface area contributed by atoms with Crippen LogP contribution in [0.15, 0.2) is 66.7 Å². The molecule has 1 unspecified atom stereocenters. The summed E-state index contributed by atoms with van der Waals surface area (Å²) in [5.41, 5.74) is 8.55. The Morgan fingerprint density at radius 3 is 2.43 bits per heavy atom. The van der Waals surface area contributed by atoms with Gasteiger partial charge in [-0.2, -0.15) is 0 Å². The molecule has 0 saturated carbocycles. The molecule has 0 aliphatic rings. The van der Waals surface area contributed by atoms with Gasteiger partial charge in [0.25, 0.3) is 0 Å². The Bertz CT molecular complexity index is 729. The standard InChI is InChI=1S/C19H19NO/c1-14-9-11-16(12-10-14)18(20)13-21-19-8-4-6-15-5-2-3-7-17(15)19/h2-12,18H,13,20H2,1H3. The van der Waals surface area contributed by atoms with Crippen LogP contribution in [0.3, 0.4) is 0 Å². The molecule has 3 aromatic carbocycles. The van der Waals surface area contributed by atoms with Crippen LogP contribution in [-0.2, 0) is 0 Å². The van der Waals surface area contributed by atoms with Crippen LogP contribution < -0.4 is 10.5 Å². The van der Waals surface area contributed by atoms with Crippen molar-refractivity contribution in [3.8, 4) is 5.75 Å². The predicted molar refractivity (Wildman–Crippen MR) is 87.6 cm³/mol. The fourth-order valence-electron chi connectivity index (χ4n) is 2.41. The number of hydrogen-bond donors (Lipinski definition) is 1. The number of rotatable bonds is 4. The van der Waals surface area contributed by atoms with E-state index in [2.05, 4.69) is 49.4 Å². The molecule has 1 atom stereocenters. The molecule has 2 nitrogen and oxygen atoms in total. The van der Waals surface area contributed by atoms with E-state index in [1.165, 1.54) is 10.9 Å². The van der Waals surface area contributed by atoms with Gasteiger partial charge in [0, 0.05) is 5.39 Å². The van der Waals surface area contributed by atoms with Crippen molar-refractivity contribution in [3.63, 3.8) is 0 Å². The molecule has 106 valence electrons. The molecular weight excluding hydrogens is 258 g/mol. The molecule has 0 bridgehead atoms. The minimum atomic E-state index is -0.121. The lowest BCUT2D eigenvalue weighted by atomic mass is 10.1. The third kappa shape index (κ3) is 3.06. The Hall–Kier alpha value is -2.32. The third-order valence-electron chi connectivity index (χ3n) is 3.67. The SMILES string of the molecule is Cc1ccc(C(N)COc2cccc3ccccc23)cc1. The van der Waals surface area contributed by atoms with E-state index in [1.807, 2.05) is 24.3 Å². The maximum absolute atomic E-state index is 6.21. The van der Waals surface area contributed by atoms with E-state index in [0.29, 0.717) is 6.61 Å². The summed E-state index contributed by atoms with van der Waals surface area (Å²) >= 11 is 0. The molecule has 3 rings (SSSR count). The first-order valence-corrected chi connectivity index (χ1v) is 7.17. The first kappa shape index (κ1) is 13.7. The number of hydrogen-bond acceptors (Lipinski definition) is 2. The van der Waals surface area contributed by atoms with Gasteiger partial charge in [-0.3, -0.25) is 0 Å². The summed E-state index contributed by atoms with van der Waals surface area (Å²) in [4.78, 5) is 0. The van der Waals surface area contributed by atoms with E-state index in [4.69, 9.17) is 10.5 Å². The van der Waals surface area contributed by atoms with E-state index < -0.39 is 0 Å². The topological polar surface area (TPSA) is 35.2 Å². The van der Waals surface area contributed by atoms with Gasteiger partial charge in [-0.15, -0.1) is 0 Å². The Morgan fingerprint density at radius 2 is 1.62 bits per heavy atom. The second kappa shape index (κ2) is 5.98. The minimum absolute atomic E-state index is 0.121. The van der Waals surface area contributed by atoms with Crippen LogP contribution in [0.2, 0.25) is 0 Å². The van der Waals surface area contributed by atoms with Crippen molar-refractivity contribution >= 4 is 10.8 Å². The van der Waals surface area contributed by atoms with Crippen molar-refractivity contribution in [1.29, 1.82) is 0 Å². The summed E-state index contributed by atoms with van der Waals surface area (Å²) in [7, 11) is 0. The van der Waals surface area contributed by atoms with Crippen LogP contribution in [0.25, 0.3) is 10.8 Å². The van der Waals surface area contributed by atoms with Crippen LogP contribution in [0.4, 0.5) is 0 Å². The molecule has 2 N–H and O–H groups in total. The highest BCUT2D eigenvalue weighted by Crippen LogP contribution is 2.26. The largest absolute Gasteiger partial charge is 0.491 e. The molecule has 0 amide bonds. The quantitative estimate of drug-likeness (QED) is 0.774. The Labute approximate surface area is 125 Å². The van der Waals surface area contributed by atoms with Crippen LogP contribution >= 0.6 is 0 Å². The van der Waals surface area contributed by atoms with Gasteiger partial charge in [-0.1, -0.05) is 66.2 Å². The molecule has 0 aliphatic carbocycles. The summed E-state index contributed by atoms with van der Waals surface area (Å²) in [5.74, 6) is 0.885. The number of nitrogens with two attached hydrogens (primary N) is 1. The average molecular weight is 277 g/mol. The molecule has 0 saturated heterocycles. The Balaban J connectivity index is 1.76. The summed E-state index contributed by atoms with van der Waals surface area (Å²) in [6.45, 7) is 2.54. The van der Waals surface area contributed by atoms with E-state index in [0.717, 1.165) is 16.7 Å². The molecule has 0 heterocycles. The zero-order valence-corrected chi connectivity index (χ0v) is 12.1. The zero-order valence-electron chi connectivity index (χ0n) is 12.1. The maximum Gasteiger partial charge on any atom is 0.127 e. The van der Waals surface area contributed by atoms with E-state index in [-0.39, 0.29) is 6.04 Å². The highest BCUT2D eigenvalue weighted by Gasteiger charge is 2.08. The Morgan fingerprint density at radius 1 is 0.905 bits per heavy atom. The van der Waals surface area contributed by atoms with Crippen molar-refractivity contribution < 1.29 is 4.74 Å². The highest BCUT2D eigenvalue weighted by atomic mass is 16.5. The molecule has 0 aromatic heterocycles. The fraction of sp³-hybridized carbons (Fsp3) is 0.158. The van der Waals surface area contributed by atoms with Crippen LogP contribution in [-0.4, -0.2) is 6.61 Å². The summed E-state index contributed by atoms with van der Waals surface area (Å²) in [5, 5.41) is 2.30.